The Bertz CT molecular complexity index is 182. The zero-order valence-corrected chi connectivity index (χ0v) is 9.55. The lowest BCUT2D eigenvalue weighted by Crippen LogP contribution is -2.34. The summed E-state index contributed by atoms with van der Waals surface area (Å²) in [6.45, 7) is 7.62. The summed E-state index contributed by atoms with van der Waals surface area (Å²) in [6, 6.07) is 2.07. The molecule has 0 aliphatic carbocycles. The van der Waals surface area contributed by atoms with Gasteiger partial charge in [-0.15, -0.1) is 0 Å². The normalized spacial score (nSPS) is 15.1. The number of nitrogens with zero attached hydrogens (tertiary/aromatic N) is 1. The molecule has 0 aliphatic rings. The fourth-order valence-corrected chi connectivity index (χ4v) is 1.02. The summed E-state index contributed by atoms with van der Waals surface area (Å²) in [7, 11) is 0. The third-order valence-corrected chi connectivity index (χ3v) is 2.08. The average molecular weight is 198 g/mol. The quantitative estimate of drug-likeness (QED) is 0.637. The van der Waals surface area contributed by atoms with Gasteiger partial charge < -0.3 is 10.5 Å². The largest absolute Gasteiger partial charge is 0.381 e. The van der Waals surface area contributed by atoms with E-state index in [4.69, 9.17) is 15.7 Å². The van der Waals surface area contributed by atoms with Crippen molar-refractivity contribution in [2.24, 2.45) is 11.7 Å². The van der Waals surface area contributed by atoms with Crippen molar-refractivity contribution in [2.45, 2.75) is 45.6 Å². The molecule has 0 amide bonds. The van der Waals surface area contributed by atoms with E-state index >= 15 is 0 Å². The first-order valence-corrected chi connectivity index (χ1v) is 5.26. The SMILES string of the molecule is CC(C)CCOCCCC(C)(N)C#N. The van der Waals surface area contributed by atoms with Gasteiger partial charge in [-0.2, -0.15) is 5.26 Å². The van der Waals surface area contributed by atoms with Crippen molar-refractivity contribution in [1.82, 2.24) is 0 Å². The van der Waals surface area contributed by atoms with Crippen LogP contribution < -0.4 is 5.73 Å². The van der Waals surface area contributed by atoms with Gasteiger partial charge in [0.15, 0.2) is 0 Å². The van der Waals surface area contributed by atoms with E-state index in [0.29, 0.717) is 18.9 Å². The number of rotatable bonds is 7. The molecule has 0 fully saturated rings. The van der Waals surface area contributed by atoms with Crippen LogP contribution in [0.4, 0.5) is 0 Å². The van der Waals surface area contributed by atoms with Crippen molar-refractivity contribution in [2.75, 3.05) is 13.2 Å². The standard InChI is InChI=1S/C11H22N2O/c1-10(2)5-8-14-7-4-6-11(3,13)9-12/h10H,4-8,13H2,1-3H3. The van der Waals surface area contributed by atoms with Crippen LogP contribution in [0.3, 0.4) is 0 Å². The Morgan fingerprint density at radius 3 is 2.57 bits per heavy atom. The monoisotopic (exact) mass is 198 g/mol. The molecule has 0 aromatic carbocycles. The fourth-order valence-electron chi connectivity index (χ4n) is 1.02. The summed E-state index contributed by atoms with van der Waals surface area (Å²) in [5.74, 6) is 0.689. The Labute approximate surface area is 87.2 Å². The molecular weight excluding hydrogens is 176 g/mol. The molecule has 0 spiro atoms. The Balaban J connectivity index is 3.27. The second-order valence-corrected chi connectivity index (χ2v) is 4.43. The molecule has 82 valence electrons. The minimum absolute atomic E-state index is 0.689. The Morgan fingerprint density at radius 2 is 2.07 bits per heavy atom. The first-order chi connectivity index (χ1) is 6.48. The minimum atomic E-state index is -0.693. The van der Waals surface area contributed by atoms with Crippen molar-refractivity contribution >= 4 is 0 Å². The molecular formula is C11H22N2O. The van der Waals surface area contributed by atoms with Gasteiger partial charge in [0.05, 0.1) is 6.07 Å². The van der Waals surface area contributed by atoms with E-state index in [9.17, 15) is 0 Å². The molecule has 0 radical (unpaired) electrons. The van der Waals surface area contributed by atoms with Gasteiger partial charge in [-0.3, -0.25) is 0 Å². The number of hydrogen-bond acceptors (Lipinski definition) is 3. The van der Waals surface area contributed by atoms with E-state index in [-0.39, 0.29) is 0 Å². The lowest BCUT2D eigenvalue weighted by atomic mass is 10.00. The maximum atomic E-state index is 8.65. The molecule has 0 aromatic heterocycles. The second kappa shape index (κ2) is 6.80. The summed E-state index contributed by atoms with van der Waals surface area (Å²) >= 11 is 0. The molecule has 2 N–H and O–H groups in total. The Morgan fingerprint density at radius 1 is 1.43 bits per heavy atom. The van der Waals surface area contributed by atoms with Crippen LogP contribution in [0.1, 0.15) is 40.0 Å². The average Bonchev–Trinajstić information content (AvgIpc) is 2.10. The van der Waals surface area contributed by atoms with E-state index in [1.807, 2.05) is 0 Å². The molecule has 0 aromatic rings. The summed E-state index contributed by atoms with van der Waals surface area (Å²) in [4.78, 5) is 0. The van der Waals surface area contributed by atoms with Gasteiger partial charge in [0.25, 0.3) is 0 Å². The van der Waals surface area contributed by atoms with Gasteiger partial charge in [0.1, 0.15) is 5.54 Å². The Hall–Kier alpha value is -0.590. The third kappa shape index (κ3) is 8.03. The van der Waals surface area contributed by atoms with Gasteiger partial charge in [-0.1, -0.05) is 13.8 Å². The molecule has 0 saturated carbocycles. The number of nitrogens with two attached hydrogens (primary N) is 1. The summed E-state index contributed by atoms with van der Waals surface area (Å²) in [5, 5.41) is 8.65. The van der Waals surface area contributed by atoms with Gasteiger partial charge >= 0.3 is 0 Å². The zero-order chi connectivity index (χ0) is 11.0. The van der Waals surface area contributed by atoms with Crippen LogP contribution in [0.15, 0.2) is 0 Å². The van der Waals surface area contributed by atoms with E-state index in [1.165, 1.54) is 0 Å². The first-order valence-electron chi connectivity index (χ1n) is 5.26. The van der Waals surface area contributed by atoms with Crippen LogP contribution in [0.25, 0.3) is 0 Å². The molecule has 0 aliphatic heterocycles. The molecule has 0 rings (SSSR count). The minimum Gasteiger partial charge on any atom is -0.381 e. The van der Waals surface area contributed by atoms with Gasteiger partial charge in [-0.25, -0.2) is 0 Å². The number of hydrogen-bond donors (Lipinski definition) is 1. The highest BCUT2D eigenvalue weighted by molar-refractivity contribution is 5.00. The molecule has 3 heteroatoms. The van der Waals surface area contributed by atoms with E-state index in [0.717, 1.165) is 19.4 Å². The van der Waals surface area contributed by atoms with Crippen LogP contribution in [0.2, 0.25) is 0 Å². The van der Waals surface area contributed by atoms with Crippen molar-refractivity contribution in [3.8, 4) is 6.07 Å². The molecule has 0 saturated heterocycles. The van der Waals surface area contributed by atoms with E-state index < -0.39 is 5.54 Å². The highest BCUT2D eigenvalue weighted by atomic mass is 16.5. The molecule has 0 heterocycles. The zero-order valence-electron chi connectivity index (χ0n) is 9.55. The van der Waals surface area contributed by atoms with E-state index in [1.54, 1.807) is 6.92 Å². The summed E-state index contributed by atoms with van der Waals surface area (Å²) < 4.78 is 5.42. The topological polar surface area (TPSA) is 59.0 Å². The maximum absolute atomic E-state index is 8.65. The van der Waals surface area contributed by atoms with Crippen molar-refractivity contribution in [3.63, 3.8) is 0 Å². The lowest BCUT2D eigenvalue weighted by Gasteiger charge is -2.14. The van der Waals surface area contributed by atoms with Crippen LogP contribution in [0, 0.1) is 17.2 Å². The second-order valence-electron chi connectivity index (χ2n) is 4.43. The van der Waals surface area contributed by atoms with Crippen molar-refractivity contribution < 1.29 is 4.74 Å². The summed E-state index contributed by atoms with van der Waals surface area (Å²) in [5.41, 5.74) is 4.97. The third-order valence-electron chi connectivity index (χ3n) is 2.08. The molecule has 14 heavy (non-hydrogen) atoms. The fraction of sp³-hybridized carbons (Fsp3) is 0.909. The Kier molecular flexibility index (Phi) is 6.52. The predicted octanol–water partition coefficient (Wildman–Crippen LogP) is 2.07. The molecule has 1 atom stereocenters. The van der Waals surface area contributed by atoms with Crippen molar-refractivity contribution in [1.29, 1.82) is 5.26 Å². The molecule has 0 bridgehead atoms. The molecule has 1 unspecified atom stereocenters. The van der Waals surface area contributed by atoms with E-state index in [2.05, 4.69) is 19.9 Å². The maximum Gasteiger partial charge on any atom is 0.101 e. The van der Waals surface area contributed by atoms with Crippen LogP contribution in [-0.2, 0) is 4.74 Å². The van der Waals surface area contributed by atoms with Crippen molar-refractivity contribution in [3.05, 3.63) is 0 Å². The van der Waals surface area contributed by atoms with Crippen LogP contribution >= 0.6 is 0 Å². The summed E-state index contributed by atoms with van der Waals surface area (Å²) in [6.07, 6.45) is 2.65. The first kappa shape index (κ1) is 13.4. The number of ether oxygens (including phenoxy) is 1. The van der Waals surface area contributed by atoms with Gasteiger partial charge in [0, 0.05) is 13.2 Å². The van der Waals surface area contributed by atoms with Crippen LogP contribution in [0.5, 0.6) is 0 Å². The number of nitriles is 1. The predicted molar refractivity (Wildman–Crippen MR) is 57.7 cm³/mol. The highest BCUT2D eigenvalue weighted by Crippen LogP contribution is 2.07. The smallest absolute Gasteiger partial charge is 0.101 e. The van der Waals surface area contributed by atoms with Gasteiger partial charge in [-0.05, 0) is 32.1 Å². The van der Waals surface area contributed by atoms with Crippen LogP contribution in [-0.4, -0.2) is 18.8 Å². The van der Waals surface area contributed by atoms with Gasteiger partial charge in [0.2, 0.25) is 0 Å². The molecule has 3 nitrogen and oxygen atoms in total. The lowest BCUT2D eigenvalue weighted by molar-refractivity contribution is 0.117. The highest BCUT2D eigenvalue weighted by Gasteiger charge is 2.15.